The molecule has 0 aliphatic carbocycles. The van der Waals surface area contributed by atoms with E-state index in [0.717, 1.165) is 17.7 Å². The van der Waals surface area contributed by atoms with Crippen LogP contribution >= 0.6 is 22.9 Å². The standard InChI is InChI=1S/C20H18ClN3O3S/c1-3-12(2)13-4-6-14(7-5-13)17-11-28-20(22-17)23-19(25)15-8-9-18(24(26)27)16(21)10-15/h4-12H,3H2,1-2H3,(H,22,23,25)/t12-/m1/s1. The van der Waals surface area contributed by atoms with Crippen molar-refractivity contribution in [3.8, 4) is 11.3 Å². The van der Waals surface area contributed by atoms with E-state index < -0.39 is 10.8 Å². The van der Waals surface area contributed by atoms with E-state index >= 15 is 0 Å². The molecule has 0 saturated carbocycles. The quantitative estimate of drug-likeness (QED) is 0.387. The maximum absolute atomic E-state index is 12.4. The number of aromatic nitrogens is 1. The topological polar surface area (TPSA) is 85.1 Å². The highest BCUT2D eigenvalue weighted by atomic mass is 35.5. The van der Waals surface area contributed by atoms with Crippen LogP contribution in [0.4, 0.5) is 10.8 Å². The van der Waals surface area contributed by atoms with Gasteiger partial charge in [-0.05, 0) is 30.0 Å². The molecule has 144 valence electrons. The molecule has 3 aromatic rings. The monoisotopic (exact) mass is 415 g/mol. The second-order valence-corrected chi connectivity index (χ2v) is 7.61. The molecule has 0 spiro atoms. The molecule has 6 nitrogen and oxygen atoms in total. The second kappa shape index (κ2) is 8.50. The van der Waals surface area contributed by atoms with Crippen molar-refractivity contribution < 1.29 is 9.72 Å². The van der Waals surface area contributed by atoms with E-state index in [0.29, 0.717) is 11.0 Å². The number of amides is 1. The maximum Gasteiger partial charge on any atom is 0.287 e. The Bertz CT molecular complexity index is 1020. The predicted molar refractivity (Wildman–Crippen MR) is 112 cm³/mol. The number of nitro benzene ring substituents is 1. The van der Waals surface area contributed by atoms with Gasteiger partial charge in [0, 0.05) is 22.6 Å². The van der Waals surface area contributed by atoms with E-state index in [1.54, 1.807) is 0 Å². The first-order chi connectivity index (χ1) is 13.4. The molecule has 0 fully saturated rings. The number of benzene rings is 2. The van der Waals surface area contributed by atoms with Crippen LogP contribution in [-0.2, 0) is 0 Å². The minimum atomic E-state index is -0.594. The summed E-state index contributed by atoms with van der Waals surface area (Å²) in [5, 5.41) is 15.8. The first-order valence-corrected chi connectivity index (χ1v) is 9.96. The fourth-order valence-corrected chi connectivity index (χ4v) is 3.61. The van der Waals surface area contributed by atoms with E-state index in [2.05, 4.69) is 36.3 Å². The summed E-state index contributed by atoms with van der Waals surface area (Å²) in [6.07, 6.45) is 1.08. The summed E-state index contributed by atoms with van der Waals surface area (Å²) in [6.45, 7) is 4.35. The van der Waals surface area contributed by atoms with Crippen LogP contribution in [0.1, 0.15) is 42.1 Å². The van der Waals surface area contributed by atoms with Crippen molar-refractivity contribution >= 4 is 39.7 Å². The summed E-state index contributed by atoms with van der Waals surface area (Å²) in [5.41, 5.74) is 3.02. The number of hydrogen-bond acceptors (Lipinski definition) is 5. The number of anilines is 1. The van der Waals surface area contributed by atoms with Gasteiger partial charge in [-0.3, -0.25) is 20.2 Å². The smallest absolute Gasteiger partial charge is 0.287 e. The highest BCUT2D eigenvalue weighted by Gasteiger charge is 2.16. The number of carbonyl (C=O) groups is 1. The van der Waals surface area contributed by atoms with Gasteiger partial charge in [0.25, 0.3) is 11.6 Å². The third-order valence-electron chi connectivity index (χ3n) is 4.52. The molecule has 1 aromatic heterocycles. The van der Waals surface area contributed by atoms with Crippen molar-refractivity contribution in [2.45, 2.75) is 26.2 Å². The molecule has 1 amide bonds. The Morgan fingerprint density at radius 3 is 2.61 bits per heavy atom. The lowest BCUT2D eigenvalue weighted by molar-refractivity contribution is -0.384. The zero-order chi connectivity index (χ0) is 20.3. The predicted octanol–water partition coefficient (Wildman–Crippen LogP) is 6.14. The molecule has 3 rings (SSSR count). The van der Waals surface area contributed by atoms with Crippen LogP contribution < -0.4 is 5.32 Å². The van der Waals surface area contributed by atoms with Gasteiger partial charge in [-0.25, -0.2) is 4.98 Å². The van der Waals surface area contributed by atoms with E-state index in [9.17, 15) is 14.9 Å². The zero-order valence-corrected chi connectivity index (χ0v) is 16.9. The SMILES string of the molecule is CC[C@@H](C)c1ccc(-c2csc(NC(=O)c3ccc([N+](=O)[O-])c(Cl)c3)n2)cc1. The third kappa shape index (κ3) is 4.37. The summed E-state index contributed by atoms with van der Waals surface area (Å²) in [4.78, 5) is 27.1. The van der Waals surface area contributed by atoms with Gasteiger partial charge in [0.05, 0.1) is 10.6 Å². The Kier molecular flexibility index (Phi) is 6.06. The second-order valence-electron chi connectivity index (χ2n) is 6.35. The summed E-state index contributed by atoms with van der Waals surface area (Å²) in [6, 6.07) is 12.1. The van der Waals surface area contributed by atoms with Crippen LogP contribution in [0.15, 0.2) is 47.8 Å². The van der Waals surface area contributed by atoms with Crippen molar-refractivity contribution in [2.75, 3.05) is 5.32 Å². The number of carbonyl (C=O) groups excluding carboxylic acids is 1. The van der Waals surface area contributed by atoms with Gasteiger partial charge in [0.15, 0.2) is 5.13 Å². The zero-order valence-electron chi connectivity index (χ0n) is 15.3. The molecular weight excluding hydrogens is 398 g/mol. The average molecular weight is 416 g/mol. The molecule has 0 saturated heterocycles. The molecule has 2 aromatic carbocycles. The Labute approximate surface area is 171 Å². The van der Waals surface area contributed by atoms with Crippen molar-refractivity contribution in [1.82, 2.24) is 4.98 Å². The minimum Gasteiger partial charge on any atom is -0.298 e. The van der Waals surface area contributed by atoms with E-state index in [1.165, 1.54) is 35.1 Å². The van der Waals surface area contributed by atoms with Crippen LogP contribution in [0.25, 0.3) is 11.3 Å². The van der Waals surface area contributed by atoms with E-state index in [-0.39, 0.29) is 16.3 Å². The summed E-state index contributed by atoms with van der Waals surface area (Å²) in [7, 11) is 0. The first kappa shape index (κ1) is 20.0. The number of nitrogens with zero attached hydrogens (tertiary/aromatic N) is 2. The average Bonchev–Trinajstić information content (AvgIpc) is 3.15. The van der Waals surface area contributed by atoms with Crippen molar-refractivity contribution in [1.29, 1.82) is 0 Å². The lowest BCUT2D eigenvalue weighted by Gasteiger charge is -2.08. The van der Waals surface area contributed by atoms with Crippen LogP contribution in [-0.4, -0.2) is 15.8 Å². The van der Waals surface area contributed by atoms with Crippen LogP contribution in [0, 0.1) is 10.1 Å². The van der Waals surface area contributed by atoms with Gasteiger partial charge in [0.2, 0.25) is 0 Å². The number of nitro groups is 1. The lowest BCUT2D eigenvalue weighted by atomic mass is 9.97. The Hall–Kier alpha value is -2.77. The van der Waals surface area contributed by atoms with Gasteiger partial charge in [-0.2, -0.15) is 0 Å². The Balaban J connectivity index is 1.73. The summed E-state index contributed by atoms with van der Waals surface area (Å²) < 4.78 is 0. The van der Waals surface area contributed by atoms with Crippen molar-refractivity contribution in [3.05, 3.63) is 74.1 Å². The first-order valence-electron chi connectivity index (χ1n) is 8.70. The molecule has 0 aliphatic heterocycles. The third-order valence-corrected chi connectivity index (χ3v) is 5.58. The number of nitrogens with one attached hydrogen (secondary N) is 1. The van der Waals surface area contributed by atoms with Gasteiger partial charge >= 0.3 is 0 Å². The minimum absolute atomic E-state index is 0.0844. The molecular formula is C20H18ClN3O3S. The Morgan fingerprint density at radius 2 is 2.00 bits per heavy atom. The molecule has 8 heteroatoms. The van der Waals surface area contributed by atoms with E-state index in [1.807, 2.05) is 17.5 Å². The number of thiazole rings is 1. The highest BCUT2D eigenvalue weighted by Crippen LogP contribution is 2.28. The fraction of sp³-hybridized carbons (Fsp3) is 0.200. The summed E-state index contributed by atoms with van der Waals surface area (Å²) >= 11 is 7.18. The number of rotatable bonds is 6. The van der Waals surface area contributed by atoms with Crippen LogP contribution in [0.3, 0.4) is 0 Å². The van der Waals surface area contributed by atoms with Crippen molar-refractivity contribution in [2.24, 2.45) is 0 Å². The van der Waals surface area contributed by atoms with Crippen LogP contribution in [0.2, 0.25) is 5.02 Å². The van der Waals surface area contributed by atoms with Gasteiger partial charge in [-0.15, -0.1) is 11.3 Å². The normalized spacial score (nSPS) is 11.8. The molecule has 1 atom stereocenters. The molecule has 0 unspecified atom stereocenters. The largest absolute Gasteiger partial charge is 0.298 e. The lowest BCUT2D eigenvalue weighted by Crippen LogP contribution is -2.11. The van der Waals surface area contributed by atoms with Crippen molar-refractivity contribution in [3.63, 3.8) is 0 Å². The maximum atomic E-state index is 12.4. The molecule has 0 aliphatic rings. The molecule has 1 heterocycles. The van der Waals surface area contributed by atoms with E-state index in [4.69, 9.17) is 11.6 Å². The molecule has 0 bridgehead atoms. The molecule has 28 heavy (non-hydrogen) atoms. The van der Waals surface area contributed by atoms with Gasteiger partial charge in [0.1, 0.15) is 5.02 Å². The van der Waals surface area contributed by atoms with Gasteiger partial charge < -0.3 is 0 Å². The van der Waals surface area contributed by atoms with Gasteiger partial charge in [-0.1, -0.05) is 49.7 Å². The Morgan fingerprint density at radius 1 is 1.29 bits per heavy atom. The summed E-state index contributed by atoms with van der Waals surface area (Å²) in [5.74, 6) is 0.0812. The highest BCUT2D eigenvalue weighted by molar-refractivity contribution is 7.14. The molecule has 1 N–H and O–H groups in total. The van der Waals surface area contributed by atoms with Crippen LogP contribution in [0.5, 0.6) is 0 Å². The fourth-order valence-electron chi connectivity index (χ4n) is 2.65. The molecule has 0 radical (unpaired) electrons. The number of hydrogen-bond donors (Lipinski definition) is 1. The number of halogens is 1.